The number of carbonyl (C=O) groups excluding carboxylic acids is 1. The van der Waals surface area contributed by atoms with E-state index < -0.39 is 5.82 Å². The van der Waals surface area contributed by atoms with Gasteiger partial charge < -0.3 is 5.73 Å². The van der Waals surface area contributed by atoms with E-state index in [1.165, 1.54) is 23.5 Å². The first kappa shape index (κ1) is 15.8. The number of fused-ring (bicyclic) bond motifs is 1. The van der Waals surface area contributed by atoms with Gasteiger partial charge >= 0.3 is 0 Å². The number of aryl methyl sites for hydroxylation is 1. The number of anilines is 1. The number of hydrogen-bond acceptors (Lipinski definition) is 5. The first-order valence-electron chi connectivity index (χ1n) is 6.29. The average molecular weight is 329 g/mol. The zero-order chi connectivity index (χ0) is 14.1. The third-order valence-electron chi connectivity index (χ3n) is 3.16. The van der Waals surface area contributed by atoms with Gasteiger partial charge in [-0.3, -0.25) is 10.1 Å². The Balaban J connectivity index is 0.00000161. The first-order valence-corrected chi connectivity index (χ1v) is 7.10. The van der Waals surface area contributed by atoms with Gasteiger partial charge in [0.05, 0.1) is 11.9 Å². The van der Waals surface area contributed by atoms with E-state index in [0.29, 0.717) is 5.13 Å². The number of aromatic nitrogens is 2. The van der Waals surface area contributed by atoms with E-state index in [0.717, 1.165) is 36.0 Å². The second kappa shape index (κ2) is 6.46. The lowest BCUT2D eigenvalue weighted by Crippen LogP contribution is -2.27. The first-order chi connectivity index (χ1) is 9.61. The molecule has 112 valence electrons. The van der Waals surface area contributed by atoms with Crippen LogP contribution < -0.4 is 11.1 Å². The normalized spacial score (nSPS) is 16.8. The van der Waals surface area contributed by atoms with E-state index in [1.807, 2.05) is 0 Å². The van der Waals surface area contributed by atoms with Gasteiger partial charge in [-0.05, 0) is 31.4 Å². The van der Waals surface area contributed by atoms with Crippen LogP contribution in [-0.4, -0.2) is 21.9 Å². The van der Waals surface area contributed by atoms with Crippen molar-refractivity contribution in [3.63, 3.8) is 0 Å². The van der Waals surface area contributed by atoms with Crippen LogP contribution >= 0.6 is 23.7 Å². The highest BCUT2D eigenvalue weighted by molar-refractivity contribution is 7.15. The minimum atomic E-state index is -0.472. The van der Waals surface area contributed by atoms with Gasteiger partial charge in [-0.25, -0.2) is 14.4 Å². The van der Waals surface area contributed by atoms with Crippen LogP contribution in [0.15, 0.2) is 18.3 Å². The number of thiazole rings is 1. The lowest BCUT2D eigenvalue weighted by Gasteiger charge is -2.15. The fraction of sp³-hybridized carbons (Fsp3) is 0.308. The number of pyridine rings is 1. The highest BCUT2D eigenvalue weighted by Crippen LogP contribution is 2.29. The molecule has 0 saturated carbocycles. The van der Waals surface area contributed by atoms with Crippen molar-refractivity contribution < 1.29 is 9.18 Å². The van der Waals surface area contributed by atoms with E-state index >= 15 is 0 Å². The maximum absolute atomic E-state index is 12.8. The monoisotopic (exact) mass is 328 g/mol. The highest BCUT2D eigenvalue weighted by Gasteiger charge is 2.21. The fourth-order valence-corrected chi connectivity index (χ4v) is 3.22. The van der Waals surface area contributed by atoms with E-state index in [9.17, 15) is 9.18 Å². The van der Waals surface area contributed by atoms with Gasteiger partial charge in [0, 0.05) is 10.9 Å². The summed E-state index contributed by atoms with van der Waals surface area (Å²) in [4.78, 5) is 21.2. The minimum Gasteiger partial charge on any atom is -0.327 e. The number of amides is 1. The Labute approximate surface area is 131 Å². The summed E-state index contributed by atoms with van der Waals surface area (Å²) in [7, 11) is 0. The molecule has 0 radical (unpaired) electrons. The molecule has 2 aromatic rings. The van der Waals surface area contributed by atoms with E-state index in [1.54, 1.807) is 0 Å². The van der Waals surface area contributed by atoms with Crippen molar-refractivity contribution in [2.45, 2.75) is 25.3 Å². The largest absolute Gasteiger partial charge is 0.327 e. The predicted octanol–water partition coefficient (Wildman–Crippen LogP) is 2.17. The van der Waals surface area contributed by atoms with Gasteiger partial charge in [0.1, 0.15) is 11.5 Å². The van der Waals surface area contributed by atoms with Gasteiger partial charge in [-0.15, -0.1) is 23.7 Å². The van der Waals surface area contributed by atoms with Gasteiger partial charge in [0.25, 0.3) is 5.91 Å². The molecule has 2 aromatic heterocycles. The summed E-state index contributed by atoms with van der Waals surface area (Å²) in [6.07, 6.45) is 3.58. The van der Waals surface area contributed by atoms with Crippen molar-refractivity contribution >= 4 is 34.8 Å². The Hall–Kier alpha value is -1.57. The molecule has 8 heteroatoms. The minimum absolute atomic E-state index is 0. The molecule has 0 bridgehead atoms. The topological polar surface area (TPSA) is 80.9 Å². The SMILES string of the molecule is Cl.N[C@H]1CCc2nc(NC(=O)c3ccc(F)cn3)sc2C1. The summed E-state index contributed by atoms with van der Waals surface area (Å²) >= 11 is 1.44. The van der Waals surface area contributed by atoms with Crippen molar-refractivity contribution in [3.05, 3.63) is 40.4 Å². The molecular formula is C13H14ClFN4OS. The van der Waals surface area contributed by atoms with Crippen molar-refractivity contribution in [2.24, 2.45) is 5.73 Å². The molecule has 1 aliphatic rings. The zero-order valence-electron chi connectivity index (χ0n) is 11.0. The Kier molecular flexibility index (Phi) is 4.87. The highest BCUT2D eigenvalue weighted by atomic mass is 35.5. The van der Waals surface area contributed by atoms with Crippen LogP contribution in [0.2, 0.25) is 0 Å². The van der Waals surface area contributed by atoms with Crippen LogP contribution in [0.25, 0.3) is 0 Å². The van der Waals surface area contributed by atoms with Crippen LogP contribution in [0.1, 0.15) is 27.5 Å². The molecule has 0 unspecified atom stereocenters. The molecule has 1 atom stereocenters. The Morgan fingerprint density at radius 2 is 2.29 bits per heavy atom. The molecule has 0 saturated heterocycles. The van der Waals surface area contributed by atoms with Gasteiger partial charge in [0.15, 0.2) is 5.13 Å². The van der Waals surface area contributed by atoms with Crippen LogP contribution in [0.3, 0.4) is 0 Å². The molecule has 1 amide bonds. The Bertz CT molecular complexity index is 646. The quantitative estimate of drug-likeness (QED) is 0.885. The second-order valence-electron chi connectivity index (χ2n) is 4.71. The summed E-state index contributed by atoms with van der Waals surface area (Å²) < 4.78 is 12.8. The van der Waals surface area contributed by atoms with Crippen LogP contribution in [0.5, 0.6) is 0 Å². The van der Waals surface area contributed by atoms with Crippen LogP contribution in [0, 0.1) is 5.82 Å². The number of nitrogens with zero attached hydrogens (tertiary/aromatic N) is 2. The number of hydrogen-bond donors (Lipinski definition) is 2. The van der Waals surface area contributed by atoms with Crippen LogP contribution in [-0.2, 0) is 12.8 Å². The number of carbonyl (C=O) groups is 1. The predicted molar refractivity (Wildman–Crippen MR) is 81.5 cm³/mol. The summed E-state index contributed by atoms with van der Waals surface area (Å²) in [5, 5.41) is 3.23. The molecular weight excluding hydrogens is 315 g/mol. The number of rotatable bonds is 2. The zero-order valence-corrected chi connectivity index (χ0v) is 12.6. The standard InChI is InChI=1S/C13H13FN4OS.ClH/c14-7-1-3-10(16-6-7)12(19)18-13-17-9-4-2-8(15)5-11(9)20-13;/h1,3,6,8H,2,4-5,15H2,(H,17,18,19);1H/t8-;/m0./s1. The lowest BCUT2D eigenvalue weighted by molar-refractivity contribution is 0.102. The Morgan fingerprint density at radius 1 is 1.48 bits per heavy atom. The molecule has 0 fully saturated rings. The van der Waals surface area contributed by atoms with Gasteiger partial charge in [-0.2, -0.15) is 0 Å². The summed E-state index contributed by atoms with van der Waals surface area (Å²) in [6, 6.07) is 2.72. The maximum Gasteiger partial charge on any atom is 0.276 e. The van der Waals surface area contributed by atoms with Crippen molar-refractivity contribution in [2.75, 3.05) is 5.32 Å². The number of nitrogens with two attached hydrogens (primary N) is 1. The lowest BCUT2D eigenvalue weighted by atomic mass is 9.99. The molecule has 0 aromatic carbocycles. The molecule has 3 rings (SSSR count). The third kappa shape index (κ3) is 3.55. The van der Waals surface area contributed by atoms with Crippen LogP contribution in [0.4, 0.5) is 9.52 Å². The van der Waals surface area contributed by atoms with Crippen molar-refractivity contribution in [1.29, 1.82) is 0 Å². The molecule has 5 nitrogen and oxygen atoms in total. The van der Waals surface area contributed by atoms with E-state index in [-0.39, 0.29) is 30.0 Å². The fourth-order valence-electron chi connectivity index (χ4n) is 2.13. The number of nitrogens with one attached hydrogen (secondary N) is 1. The molecule has 21 heavy (non-hydrogen) atoms. The Morgan fingerprint density at radius 3 is 3.00 bits per heavy atom. The average Bonchev–Trinajstić information content (AvgIpc) is 2.80. The van der Waals surface area contributed by atoms with E-state index in [4.69, 9.17) is 5.73 Å². The van der Waals surface area contributed by atoms with Gasteiger partial charge in [0.2, 0.25) is 0 Å². The molecule has 1 aliphatic carbocycles. The second-order valence-corrected chi connectivity index (χ2v) is 5.79. The van der Waals surface area contributed by atoms with Crippen molar-refractivity contribution in [1.82, 2.24) is 9.97 Å². The summed E-state index contributed by atoms with van der Waals surface area (Å²) in [5.74, 6) is -0.861. The smallest absolute Gasteiger partial charge is 0.276 e. The maximum atomic E-state index is 12.8. The molecule has 2 heterocycles. The van der Waals surface area contributed by atoms with E-state index in [2.05, 4.69) is 15.3 Å². The summed E-state index contributed by atoms with van der Waals surface area (Å²) in [5.41, 5.74) is 7.09. The molecule has 0 aliphatic heterocycles. The summed E-state index contributed by atoms with van der Waals surface area (Å²) in [6.45, 7) is 0. The van der Waals surface area contributed by atoms with Gasteiger partial charge in [-0.1, -0.05) is 0 Å². The molecule has 3 N–H and O–H groups in total. The third-order valence-corrected chi connectivity index (χ3v) is 4.19. The molecule has 0 spiro atoms. The number of halogens is 2. The van der Waals surface area contributed by atoms with Crippen molar-refractivity contribution in [3.8, 4) is 0 Å².